The zero-order valence-electron chi connectivity index (χ0n) is 12.2. The van der Waals surface area contributed by atoms with E-state index in [9.17, 15) is 0 Å². The monoisotopic (exact) mass is 272 g/mol. The van der Waals surface area contributed by atoms with Crippen molar-refractivity contribution in [1.29, 1.82) is 0 Å². The average molecular weight is 272 g/mol. The molecule has 110 valence electrons. The molecule has 0 spiro atoms. The molecule has 0 amide bonds. The van der Waals surface area contributed by atoms with Crippen LogP contribution in [0.5, 0.6) is 0 Å². The second-order valence-electron chi connectivity index (χ2n) is 5.82. The summed E-state index contributed by atoms with van der Waals surface area (Å²) in [6.45, 7) is 12.7. The van der Waals surface area contributed by atoms with Gasteiger partial charge in [-0.3, -0.25) is 0 Å². The van der Waals surface area contributed by atoms with E-state index in [0.29, 0.717) is 19.8 Å². The van der Waals surface area contributed by atoms with E-state index in [2.05, 4.69) is 6.58 Å². The first-order valence-corrected chi connectivity index (χ1v) is 6.69. The smallest absolute Gasteiger partial charge is 0.163 e. The molecule has 0 N–H and O–H groups in total. The third-order valence-electron chi connectivity index (χ3n) is 3.20. The average Bonchev–Trinajstić information content (AvgIpc) is 2.83. The molecule has 0 saturated carbocycles. The van der Waals surface area contributed by atoms with E-state index < -0.39 is 11.6 Å². The molecule has 2 heterocycles. The Morgan fingerprint density at radius 2 is 1.58 bits per heavy atom. The minimum Gasteiger partial charge on any atom is -0.369 e. The summed E-state index contributed by atoms with van der Waals surface area (Å²) in [6.07, 6.45) is 1.19. The van der Waals surface area contributed by atoms with E-state index >= 15 is 0 Å². The Labute approximate surface area is 114 Å². The van der Waals surface area contributed by atoms with Gasteiger partial charge in [0.2, 0.25) is 0 Å². The largest absolute Gasteiger partial charge is 0.369 e. The SMILES string of the molecule is C=CCOC(C1COC(C)(C)O1)C1COC(C)(C)O1. The number of hydrogen-bond donors (Lipinski definition) is 0. The number of ether oxygens (including phenoxy) is 5. The van der Waals surface area contributed by atoms with Crippen LogP contribution in [0.2, 0.25) is 0 Å². The van der Waals surface area contributed by atoms with Gasteiger partial charge in [0.25, 0.3) is 0 Å². The maximum absolute atomic E-state index is 5.87. The standard InChI is InChI=1S/C14H24O5/c1-6-7-15-12(10-8-16-13(2,3)18-10)11-9-17-14(4,5)19-11/h6,10-12H,1,7-9H2,2-5H3. The van der Waals surface area contributed by atoms with Gasteiger partial charge in [0.15, 0.2) is 11.6 Å². The van der Waals surface area contributed by atoms with Crippen molar-refractivity contribution in [3.05, 3.63) is 12.7 Å². The normalized spacial score (nSPS) is 34.3. The lowest BCUT2D eigenvalue weighted by molar-refractivity contribution is -0.186. The first kappa shape index (κ1) is 14.9. The summed E-state index contributed by atoms with van der Waals surface area (Å²) in [4.78, 5) is 0. The van der Waals surface area contributed by atoms with Crippen LogP contribution >= 0.6 is 0 Å². The van der Waals surface area contributed by atoms with Crippen LogP contribution in [0.4, 0.5) is 0 Å². The first-order chi connectivity index (χ1) is 8.83. The molecule has 0 bridgehead atoms. The van der Waals surface area contributed by atoms with E-state index in [4.69, 9.17) is 23.7 Å². The number of hydrogen-bond acceptors (Lipinski definition) is 5. The van der Waals surface area contributed by atoms with Crippen LogP contribution in [0.15, 0.2) is 12.7 Å². The molecule has 0 aromatic rings. The van der Waals surface area contributed by atoms with E-state index in [1.807, 2.05) is 27.7 Å². The van der Waals surface area contributed by atoms with Crippen molar-refractivity contribution in [3.63, 3.8) is 0 Å². The molecule has 2 unspecified atom stereocenters. The van der Waals surface area contributed by atoms with Crippen molar-refractivity contribution in [2.24, 2.45) is 0 Å². The zero-order valence-corrected chi connectivity index (χ0v) is 12.2. The molecule has 2 fully saturated rings. The summed E-state index contributed by atoms with van der Waals surface area (Å²) in [5, 5.41) is 0. The van der Waals surface area contributed by atoms with Crippen LogP contribution in [-0.4, -0.2) is 49.7 Å². The van der Waals surface area contributed by atoms with Gasteiger partial charge in [0.1, 0.15) is 18.3 Å². The molecule has 0 aromatic carbocycles. The van der Waals surface area contributed by atoms with Crippen molar-refractivity contribution in [2.45, 2.75) is 57.6 Å². The molecule has 0 aromatic heterocycles. The summed E-state index contributed by atoms with van der Waals surface area (Å²) in [6, 6.07) is 0. The highest BCUT2D eigenvalue weighted by Crippen LogP contribution is 2.32. The Morgan fingerprint density at radius 3 is 1.89 bits per heavy atom. The topological polar surface area (TPSA) is 46.2 Å². The van der Waals surface area contributed by atoms with Gasteiger partial charge >= 0.3 is 0 Å². The van der Waals surface area contributed by atoms with Crippen molar-refractivity contribution < 1.29 is 23.7 Å². The lowest BCUT2D eigenvalue weighted by Gasteiger charge is -2.28. The van der Waals surface area contributed by atoms with Crippen molar-refractivity contribution in [3.8, 4) is 0 Å². The van der Waals surface area contributed by atoms with Gasteiger partial charge in [0, 0.05) is 0 Å². The minimum atomic E-state index is -0.574. The molecule has 19 heavy (non-hydrogen) atoms. The van der Waals surface area contributed by atoms with Gasteiger partial charge in [0.05, 0.1) is 19.8 Å². The van der Waals surface area contributed by atoms with Gasteiger partial charge < -0.3 is 23.7 Å². The van der Waals surface area contributed by atoms with Gasteiger partial charge in [-0.1, -0.05) is 6.08 Å². The van der Waals surface area contributed by atoms with Crippen molar-refractivity contribution in [2.75, 3.05) is 19.8 Å². The molecule has 0 radical (unpaired) electrons. The maximum atomic E-state index is 5.87. The first-order valence-electron chi connectivity index (χ1n) is 6.69. The third-order valence-corrected chi connectivity index (χ3v) is 3.20. The summed E-state index contributed by atoms with van der Waals surface area (Å²) in [5.74, 6) is -1.15. The van der Waals surface area contributed by atoms with E-state index in [0.717, 1.165) is 0 Å². The highest BCUT2D eigenvalue weighted by atomic mass is 16.8. The van der Waals surface area contributed by atoms with Crippen LogP contribution in [0.25, 0.3) is 0 Å². The van der Waals surface area contributed by atoms with Crippen molar-refractivity contribution in [1.82, 2.24) is 0 Å². The summed E-state index contributed by atoms with van der Waals surface area (Å²) >= 11 is 0. The third kappa shape index (κ3) is 3.77. The van der Waals surface area contributed by atoms with Crippen LogP contribution < -0.4 is 0 Å². The highest BCUT2D eigenvalue weighted by molar-refractivity contribution is 4.88. The predicted octanol–water partition coefficient (Wildman–Crippen LogP) is 1.86. The van der Waals surface area contributed by atoms with Crippen LogP contribution in [0.1, 0.15) is 27.7 Å². The van der Waals surface area contributed by atoms with Gasteiger partial charge in [-0.2, -0.15) is 0 Å². The summed E-state index contributed by atoms with van der Waals surface area (Å²) in [5.41, 5.74) is 0. The summed E-state index contributed by atoms with van der Waals surface area (Å²) in [7, 11) is 0. The molecule has 5 nitrogen and oxygen atoms in total. The summed E-state index contributed by atoms with van der Waals surface area (Å²) < 4.78 is 28.8. The van der Waals surface area contributed by atoms with Crippen LogP contribution in [0, 0.1) is 0 Å². The molecule has 2 saturated heterocycles. The second kappa shape index (κ2) is 5.50. The van der Waals surface area contributed by atoms with Crippen LogP contribution in [-0.2, 0) is 23.7 Å². The minimum absolute atomic E-state index is 0.155. The lowest BCUT2D eigenvalue weighted by atomic mass is 10.1. The molecule has 0 aliphatic carbocycles. The maximum Gasteiger partial charge on any atom is 0.163 e. The fourth-order valence-electron chi connectivity index (χ4n) is 2.39. The molecule has 2 rings (SSSR count). The van der Waals surface area contributed by atoms with E-state index in [1.165, 1.54) is 0 Å². The molecule has 2 aliphatic heterocycles. The molecule has 5 heteroatoms. The quantitative estimate of drug-likeness (QED) is 0.715. The predicted molar refractivity (Wildman–Crippen MR) is 69.7 cm³/mol. The van der Waals surface area contributed by atoms with E-state index in [1.54, 1.807) is 6.08 Å². The van der Waals surface area contributed by atoms with Crippen molar-refractivity contribution >= 4 is 0 Å². The molecular formula is C14H24O5. The van der Waals surface area contributed by atoms with Gasteiger partial charge in [-0.15, -0.1) is 6.58 Å². The Balaban J connectivity index is 2.02. The number of rotatable bonds is 5. The molecule has 2 aliphatic rings. The fraction of sp³-hybridized carbons (Fsp3) is 0.857. The van der Waals surface area contributed by atoms with Gasteiger partial charge in [-0.25, -0.2) is 0 Å². The Morgan fingerprint density at radius 1 is 1.11 bits per heavy atom. The fourth-order valence-corrected chi connectivity index (χ4v) is 2.39. The molecular weight excluding hydrogens is 248 g/mol. The highest BCUT2D eigenvalue weighted by Gasteiger charge is 2.46. The Bertz CT molecular complexity index is 300. The lowest BCUT2D eigenvalue weighted by Crippen LogP contribution is -2.44. The Kier molecular flexibility index (Phi) is 4.32. The van der Waals surface area contributed by atoms with Crippen LogP contribution in [0.3, 0.4) is 0 Å². The Hall–Kier alpha value is -0.460. The molecule has 2 atom stereocenters. The zero-order chi connectivity index (χ0) is 14.1. The van der Waals surface area contributed by atoms with E-state index in [-0.39, 0.29) is 18.3 Å². The second-order valence-corrected chi connectivity index (χ2v) is 5.82. The van der Waals surface area contributed by atoms with Gasteiger partial charge in [-0.05, 0) is 27.7 Å².